The van der Waals surface area contributed by atoms with Gasteiger partial charge in [0.15, 0.2) is 0 Å². The molecule has 0 aliphatic carbocycles. The van der Waals surface area contributed by atoms with Crippen LogP contribution in [0.2, 0.25) is 5.02 Å². The average molecular weight is 380 g/mol. The van der Waals surface area contributed by atoms with E-state index in [2.05, 4.69) is 15.5 Å². The third-order valence-electron chi connectivity index (χ3n) is 3.51. The first-order valence-corrected chi connectivity index (χ1v) is 7.82. The van der Waals surface area contributed by atoms with E-state index in [9.17, 15) is 18.7 Å². The number of amides is 1. The summed E-state index contributed by atoms with van der Waals surface area (Å²) in [5.41, 5.74) is 0.538. The summed E-state index contributed by atoms with van der Waals surface area (Å²) >= 11 is 5.95. The van der Waals surface area contributed by atoms with Gasteiger partial charge in [-0.25, -0.2) is 8.78 Å². The molecule has 0 radical (unpaired) electrons. The lowest BCUT2D eigenvalue weighted by Gasteiger charge is -2.12. The Kier molecular flexibility index (Phi) is 5.24. The van der Waals surface area contributed by atoms with Crippen molar-refractivity contribution in [3.63, 3.8) is 0 Å². The van der Waals surface area contributed by atoms with Crippen molar-refractivity contribution in [2.24, 2.45) is 0 Å². The molecule has 1 heterocycles. The summed E-state index contributed by atoms with van der Waals surface area (Å²) < 4.78 is 31.1. The molecule has 3 aromatic rings. The van der Waals surface area contributed by atoms with Crippen LogP contribution in [0.15, 0.2) is 47.0 Å². The molecule has 26 heavy (non-hydrogen) atoms. The van der Waals surface area contributed by atoms with Crippen LogP contribution in [0.5, 0.6) is 0 Å². The molecule has 1 atom stereocenters. The van der Waals surface area contributed by atoms with E-state index in [0.29, 0.717) is 5.56 Å². The third-order valence-corrected chi connectivity index (χ3v) is 3.82. The lowest BCUT2D eigenvalue weighted by Crippen LogP contribution is -2.31. The van der Waals surface area contributed by atoms with Crippen molar-refractivity contribution < 1.29 is 23.2 Å². The zero-order valence-corrected chi connectivity index (χ0v) is 13.9. The highest BCUT2D eigenvalue weighted by molar-refractivity contribution is 6.33. The molecule has 0 fully saturated rings. The van der Waals surface area contributed by atoms with E-state index in [1.165, 1.54) is 24.3 Å². The molecular formula is C17H12ClF2N3O3. The summed E-state index contributed by atoms with van der Waals surface area (Å²) in [6, 6.07) is 7.59. The molecule has 6 nitrogen and oxygen atoms in total. The van der Waals surface area contributed by atoms with Crippen LogP contribution in [0.1, 0.15) is 22.3 Å². The Balaban J connectivity index is 1.79. The van der Waals surface area contributed by atoms with Crippen LogP contribution in [-0.4, -0.2) is 27.8 Å². The van der Waals surface area contributed by atoms with Gasteiger partial charge in [-0.2, -0.15) is 4.98 Å². The number of halogens is 3. The van der Waals surface area contributed by atoms with Gasteiger partial charge in [-0.3, -0.25) is 4.79 Å². The molecule has 0 spiro atoms. The molecule has 2 aromatic carbocycles. The fraction of sp³-hybridized carbons (Fsp3) is 0.118. The van der Waals surface area contributed by atoms with Crippen molar-refractivity contribution in [2.75, 3.05) is 6.61 Å². The van der Waals surface area contributed by atoms with Gasteiger partial charge in [0.05, 0.1) is 11.6 Å². The second-order valence-corrected chi connectivity index (χ2v) is 5.70. The quantitative estimate of drug-likeness (QED) is 0.711. The largest absolute Gasteiger partial charge is 0.394 e. The van der Waals surface area contributed by atoms with Crippen molar-refractivity contribution in [3.8, 4) is 11.4 Å². The van der Waals surface area contributed by atoms with E-state index in [1.807, 2.05) is 0 Å². The third kappa shape index (κ3) is 3.87. The van der Waals surface area contributed by atoms with E-state index in [-0.39, 0.29) is 22.3 Å². The van der Waals surface area contributed by atoms with Crippen LogP contribution in [0.3, 0.4) is 0 Å². The Labute approximate surface area is 151 Å². The molecule has 0 aliphatic rings. The minimum atomic E-state index is -0.979. The number of nitrogens with zero attached hydrogens (tertiary/aromatic N) is 2. The monoisotopic (exact) mass is 379 g/mol. The predicted molar refractivity (Wildman–Crippen MR) is 88.4 cm³/mol. The van der Waals surface area contributed by atoms with Crippen LogP contribution in [0.25, 0.3) is 11.4 Å². The van der Waals surface area contributed by atoms with Gasteiger partial charge in [0.25, 0.3) is 11.8 Å². The zero-order valence-electron chi connectivity index (χ0n) is 13.1. The molecule has 0 saturated heterocycles. The Bertz CT molecular complexity index is 931. The summed E-state index contributed by atoms with van der Waals surface area (Å²) in [4.78, 5) is 16.3. The van der Waals surface area contributed by atoms with Crippen LogP contribution in [0.4, 0.5) is 8.78 Å². The van der Waals surface area contributed by atoms with E-state index < -0.39 is 30.2 Å². The number of carbonyl (C=O) groups excluding carboxylic acids is 1. The molecule has 2 N–H and O–H groups in total. The summed E-state index contributed by atoms with van der Waals surface area (Å²) in [5, 5.41) is 15.8. The van der Waals surface area contributed by atoms with Crippen LogP contribution in [-0.2, 0) is 0 Å². The van der Waals surface area contributed by atoms with E-state index >= 15 is 0 Å². The van der Waals surface area contributed by atoms with Crippen LogP contribution >= 0.6 is 11.6 Å². The van der Waals surface area contributed by atoms with E-state index in [0.717, 1.165) is 18.2 Å². The molecule has 3 rings (SSSR count). The van der Waals surface area contributed by atoms with Gasteiger partial charge < -0.3 is 14.9 Å². The summed E-state index contributed by atoms with van der Waals surface area (Å²) in [7, 11) is 0. The van der Waals surface area contributed by atoms with Crippen molar-refractivity contribution in [1.82, 2.24) is 15.5 Å². The normalized spacial score (nSPS) is 12.0. The van der Waals surface area contributed by atoms with Crippen molar-refractivity contribution >= 4 is 17.5 Å². The first-order chi connectivity index (χ1) is 12.5. The lowest BCUT2D eigenvalue weighted by atomic mass is 10.2. The fourth-order valence-electron chi connectivity index (χ4n) is 2.19. The van der Waals surface area contributed by atoms with Gasteiger partial charge in [0, 0.05) is 11.1 Å². The van der Waals surface area contributed by atoms with E-state index in [4.69, 9.17) is 16.1 Å². The van der Waals surface area contributed by atoms with Crippen molar-refractivity contribution in [3.05, 3.63) is 70.6 Å². The first-order valence-electron chi connectivity index (χ1n) is 7.44. The number of aromatic nitrogens is 2. The predicted octanol–water partition coefficient (Wildman–Crippen LogP) is 3.13. The van der Waals surface area contributed by atoms with Crippen LogP contribution in [0, 0.1) is 11.6 Å². The summed E-state index contributed by atoms with van der Waals surface area (Å²) in [6.07, 6.45) is 0. The number of aliphatic hydroxyl groups is 1. The molecule has 134 valence electrons. The van der Waals surface area contributed by atoms with Crippen LogP contribution < -0.4 is 5.32 Å². The lowest BCUT2D eigenvalue weighted by molar-refractivity contribution is 0.0901. The average Bonchev–Trinajstić information content (AvgIpc) is 3.09. The summed E-state index contributed by atoms with van der Waals surface area (Å²) in [5.74, 6) is -1.51. The maximum atomic E-state index is 13.1. The van der Waals surface area contributed by atoms with Gasteiger partial charge in [-0.15, -0.1) is 0 Å². The molecule has 1 amide bonds. The number of hydrogen-bond acceptors (Lipinski definition) is 5. The molecule has 1 aromatic heterocycles. The number of rotatable bonds is 5. The number of hydrogen-bond donors (Lipinski definition) is 2. The van der Waals surface area contributed by atoms with Crippen molar-refractivity contribution in [2.45, 2.75) is 6.04 Å². The fourth-order valence-corrected chi connectivity index (χ4v) is 2.44. The number of carbonyl (C=O) groups is 1. The molecule has 1 unspecified atom stereocenters. The van der Waals surface area contributed by atoms with Gasteiger partial charge >= 0.3 is 0 Å². The maximum absolute atomic E-state index is 13.1. The SMILES string of the molecule is O=C(NC(CO)c1nc(-c2ccc(F)cc2Cl)no1)c1ccc(F)cc1. The molecule has 9 heteroatoms. The Morgan fingerprint density at radius 3 is 2.54 bits per heavy atom. The highest BCUT2D eigenvalue weighted by Gasteiger charge is 2.22. The molecule has 0 saturated carbocycles. The topological polar surface area (TPSA) is 88.2 Å². The van der Waals surface area contributed by atoms with E-state index in [1.54, 1.807) is 0 Å². The summed E-state index contributed by atoms with van der Waals surface area (Å²) in [6.45, 7) is -0.508. The highest BCUT2D eigenvalue weighted by atomic mass is 35.5. The second kappa shape index (κ2) is 7.59. The Morgan fingerprint density at radius 2 is 1.88 bits per heavy atom. The minimum absolute atomic E-state index is 0.0571. The second-order valence-electron chi connectivity index (χ2n) is 5.30. The van der Waals surface area contributed by atoms with Gasteiger partial charge in [-0.1, -0.05) is 16.8 Å². The standard InChI is InChI=1S/C17H12ClF2N3O3/c18-13-7-11(20)5-6-12(13)15-22-17(26-23-15)14(8-24)21-16(25)9-1-3-10(19)4-2-9/h1-7,14,24H,8H2,(H,21,25). The highest BCUT2D eigenvalue weighted by Crippen LogP contribution is 2.27. The maximum Gasteiger partial charge on any atom is 0.251 e. The number of aliphatic hydroxyl groups excluding tert-OH is 1. The molecular weight excluding hydrogens is 368 g/mol. The van der Waals surface area contributed by atoms with Crippen molar-refractivity contribution in [1.29, 1.82) is 0 Å². The Morgan fingerprint density at radius 1 is 1.19 bits per heavy atom. The Hall–Kier alpha value is -2.84. The van der Waals surface area contributed by atoms with Gasteiger partial charge in [-0.05, 0) is 42.5 Å². The number of benzene rings is 2. The molecule has 0 bridgehead atoms. The first kappa shape index (κ1) is 18.0. The molecule has 0 aliphatic heterocycles. The van der Waals surface area contributed by atoms with Gasteiger partial charge in [0.2, 0.25) is 5.82 Å². The minimum Gasteiger partial charge on any atom is -0.394 e. The van der Waals surface area contributed by atoms with Gasteiger partial charge in [0.1, 0.15) is 17.7 Å². The zero-order chi connectivity index (χ0) is 18.7. The number of nitrogens with one attached hydrogen (secondary N) is 1. The smallest absolute Gasteiger partial charge is 0.251 e.